The van der Waals surface area contributed by atoms with Crippen molar-refractivity contribution in [3.8, 4) is 11.5 Å². The number of rotatable bonds is 8. The third-order valence-electron chi connectivity index (χ3n) is 7.21. The molecule has 1 aliphatic carbocycles. The van der Waals surface area contributed by atoms with E-state index in [-0.39, 0.29) is 23.8 Å². The lowest BCUT2D eigenvalue weighted by atomic mass is 9.94. The lowest BCUT2D eigenvalue weighted by molar-refractivity contribution is -0.124. The Bertz CT molecular complexity index is 1110. The number of anilines is 2. The molecule has 0 bridgehead atoms. The molecule has 2 fully saturated rings. The van der Waals surface area contributed by atoms with E-state index in [0.717, 1.165) is 25.7 Å². The molecular formula is C28H36N4O5. The Morgan fingerprint density at radius 3 is 2.00 bits per heavy atom. The first kappa shape index (κ1) is 26.5. The van der Waals surface area contributed by atoms with Crippen LogP contribution in [-0.4, -0.2) is 74.0 Å². The average molecular weight is 509 g/mol. The molecule has 1 saturated carbocycles. The van der Waals surface area contributed by atoms with Crippen LogP contribution in [0, 0.1) is 5.92 Å². The van der Waals surface area contributed by atoms with Gasteiger partial charge in [-0.15, -0.1) is 0 Å². The van der Waals surface area contributed by atoms with E-state index in [2.05, 4.69) is 15.5 Å². The van der Waals surface area contributed by atoms with E-state index in [9.17, 15) is 14.4 Å². The summed E-state index contributed by atoms with van der Waals surface area (Å²) in [5, 5.41) is 5.82. The van der Waals surface area contributed by atoms with Crippen LogP contribution >= 0.6 is 0 Å². The molecule has 0 unspecified atom stereocenters. The maximum atomic E-state index is 13.5. The first-order valence-electron chi connectivity index (χ1n) is 12.8. The van der Waals surface area contributed by atoms with Crippen LogP contribution in [0.3, 0.4) is 0 Å². The minimum absolute atomic E-state index is 0.0150. The van der Waals surface area contributed by atoms with Crippen molar-refractivity contribution >= 4 is 29.1 Å². The number of nitrogens with zero attached hydrogens (tertiary/aromatic N) is 2. The van der Waals surface area contributed by atoms with Crippen LogP contribution < -0.4 is 20.1 Å². The van der Waals surface area contributed by atoms with Crippen molar-refractivity contribution in [3.63, 3.8) is 0 Å². The Hall–Kier alpha value is -3.59. The Kier molecular flexibility index (Phi) is 8.66. The second kappa shape index (κ2) is 12.1. The van der Waals surface area contributed by atoms with E-state index < -0.39 is 0 Å². The Labute approximate surface area is 218 Å². The smallest absolute Gasteiger partial charge is 0.254 e. The fourth-order valence-corrected chi connectivity index (χ4v) is 5.36. The van der Waals surface area contributed by atoms with E-state index in [1.807, 2.05) is 4.90 Å². The van der Waals surface area contributed by atoms with Crippen LogP contribution in [0.1, 0.15) is 43.0 Å². The highest BCUT2D eigenvalue weighted by Gasteiger charge is 2.37. The highest BCUT2D eigenvalue weighted by Crippen LogP contribution is 2.32. The number of carbonyl (C=O) groups excluding carboxylic acids is 3. The summed E-state index contributed by atoms with van der Waals surface area (Å²) in [7, 11) is 3.12. The number of amides is 3. The monoisotopic (exact) mass is 508 g/mol. The predicted octanol–water partition coefficient (Wildman–Crippen LogP) is 3.62. The predicted molar refractivity (Wildman–Crippen MR) is 142 cm³/mol. The maximum absolute atomic E-state index is 13.5. The zero-order valence-corrected chi connectivity index (χ0v) is 21.8. The van der Waals surface area contributed by atoms with Crippen LogP contribution in [0.4, 0.5) is 11.4 Å². The molecule has 0 aromatic heterocycles. The number of piperazine rings is 1. The second-order valence-electron chi connectivity index (χ2n) is 9.64. The summed E-state index contributed by atoms with van der Waals surface area (Å²) in [6, 6.07) is 12.1. The van der Waals surface area contributed by atoms with E-state index in [1.54, 1.807) is 56.7 Å². The van der Waals surface area contributed by atoms with Gasteiger partial charge in [0, 0.05) is 50.0 Å². The standard InChI is InChI=1S/C28H36N4O5/c1-19(33)29-22-9-11-23(12-10-22)30-27(34)26(20-6-4-5-7-20)31-14-16-32(17-15-31)28(35)21-8-13-24(36-2)25(18-21)37-3/h8-13,18,20,26H,4-7,14-17H2,1-3H3,(H,29,33)(H,30,34)/t26-/m0/s1. The number of hydrogen-bond acceptors (Lipinski definition) is 6. The zero-order valence-electron chi connectivity index (χ0n) is 21.8. The minimum atomic E-state index is -0.240. The molecule has 1 saturated heterocycles. The minimum Gasteiger partial charge on any atom is -0.493 e. The number of benzene rings is 2. The van der Waals surface area contributed by atoms with Crippen LogP contribution in [0.5, 0.6) is 11.5 Å². The summed E-state index contributed by atoms with van der Waals surface area (Å²) in [4.78, 5) is 42.0. The van der Waals surface area contributed by atoms with Crippen LogP contribution in [0.2, 0.25) is 0 Å². The quantitative estimate of drug-likeness (QED) is 0.565. The van der Waals surface area contributed by atoms with Gasteiger partial charge in [0.1, 0.15) is 0 Å². The molecule has 0 spiro atoms. The number of hydrogen-bond donors (Lipinski definition) is 2. The van der Waals surface area contributed by atoms with Gasteiger partial charge in [0.25, 0.3) is 5.91 Å². The van der Waals surface area contributed by atoms with Crippen molar-refractivity contribution in [3.05, 3.63) is 48.0 Å². The van der Waals surface area contributed by atoms with E-state index >= 15 is 0 Å². The number of ether oxygens (including phenoxy) is 2. The molecule has 1 atom stereocenters. The lowest BCUT2D eigenvalue weighted by Gasteiger charge is -2.40. The molecule has 0 radical (unpaired) electrons. The molecule has 2 aromatic carbocycles. The molecule has 1 heterocycles. The number of methoxy groups -OCH3 is 2. The van der Waals surface area contributed by atoms with Crippen LogP contribution in [0.25, 0.3) is 0 Å². The molecule has 2 aliphatic rings. The molecule has 2 N–H and O–H groups in total. The fraction of sp³-hybridized carbons (Fsp3) is 0.464. The third-order valence-corrected chi connectivity index (χ3v) is 7.21. The molecule has 2 aromatic rings. The second-order valence-corrected chi connectivity index (χ2v) is 9.64. The normalized spacial score (nSPS) is 17.2. The number of nitrogens with one attached hydrogen (secondary N) is 2. The van der Waals surface area contributed by atoms with Crippen LogP contribution in [-0.2, 0) is 9.59 Å². The average Bonchev–Trinajstić information content (AvgIpc) is 3.43. The van der Waals surface area contributed by atoms with Gasteiger partial charge in [-0.25, -0.2) is 0 Å². The van der Waals surface area contributed by atoms with Crippen molar-refractivity contribution in [2.45, 2.75) is 38.6 Å². The summed E-state index contributed by atoms with van der Waals surface area (Å²) in [5.74, 6) is 1.20. The maximum Gasteiger partial charge on any atom is 0.254 e. The van der Waals surface area contributed by atoms with Gasteiger partial charge in [0.15, 0.2) is 11.5 Å². The first-order valence-corrected chi connectivity index (χ1v) is 12.8. The van der Waals surface area contributed by atoms with Gasteiger partial charge in [-0.1, -0.05) is 12.8 Å². The van der Waals surface area contributed by atoms with E-state index in [4.69, 9.17) is 9.47 Å². The van der Waals surface area contributed by atoms with Gasteiger partial charge >= 0.3 is 0 Å². The molecule has 1 aliphatic heterocycles. The Balaban J connectivity index is 1.41. The van der Waals surface area contributed by atoms with Crippen molar-refractivity contribution in [1.82, 2.24) is 9.80 Å². The molecule has 9 heteroatoms. The SMILES string of the molecule is COc1ccc(C(=O)N2CCN([C@H](C(=O)Nc3ccc(NC(C)=O)cc3)C3CCCC3)CC2)cc1OC. The fourth-order valence-electron chi connectivity index (χ4n) is 5.36. The topological polar surface area (TPSA) is 100 Å². The van der Waals surface area contributed by atoms with Crippen molar-refractivity contribution in [2.24, 2.45) is 5.92 Å². The molecule has 9 nitrogen and oxygen atoms in total. The van der Waals surface area contributed by atoms with Crippen molar-refractivity contribution in [2.75, 3.05) is 51.0 Å². The lowest BCUT2D eigenvalue weighted by Crippen LogP contribution is -2.56. The molecule has 37 heavy (non-hydrogen) atoms. The highest BCUT2D eigenvalue weighted by atomic mass is 16.5. The third kappa shape index (κ3) is 6.40. The van der Waals surface area contributed by atoms with Crippen molar-refractivity contribution < 1.29 is 23.9 Å². The van der Waals surface area contributed by atoms with E-state index in [1.165, 1.54) is 6.92 Å². The van der Waals surface area contributed by atoms with Crippen molar-refractivity contribution in [1.29, 1.82) is 0 Å². The zero-order chi connectivity index (χ0) is 26.4. The summed E-state index contributed by atoms with van der Waals surface area (Å²) in [5.41, 5.74) is 1.94. The summed E-state index contributed by atoms with van der Waals surface area (Å²) < 4.78 is 10.6. The van der Waals surface area contributed by atoms with Crippen LogP contribution in [0.15, 0.2) is 42.5 Å². The molecule has 198 valence electrons. The highest BCUT2D eigenvalue weighted by molar-refractivity contribution is 5.96. The molecule has 3 amide bonds. The Morgan fingerprint density at radius 2 is 1.43 bits per heavy atom. The molecule has 4 rings (SSSR count). The van der Waals surface area contributed by atoms with Gasteiger partial charge in [-0.3, -0.25) is 19.3 Å². The van der Waals surface area contributed by atoms with Gasteiger partial charge in [0.2, 0.25) is 11.8 Å². The Morgan fingerprint density at radius 1 is 0.838 bits per heavy atom. The first-order chi connectivity index (χ1) is 17.9. The van der Waals surface area contributed by atoms with Gasteiger partial charge in [-0.2, -0.15) is 0 Å². The summed E-state index contributed by atoms with van der Waals surface area (Å²) in [6.07, 6.45) is 4.34. The summed E-state index contributed by atoms with van der Waals surface area (Å²) >= 11 is 0. The van der Waals surface area contributed by atoms with E-state index in [0.29, 0.717) is 60.5 Å². The largest absolute Gasteiger partial charge is 0.493 e. The van der Waals surface area contributed by atoms with Gasteiger partial charge in [0.05, 0.1) is 20.3 Å². The van der Waals surface area contributed by atoms with Gasteiger partial charge in [-0.05, 0) is 61.2 Å². The molecular weight excluding hydrogens is 472 g/mol. The van der Waals surface area contributed by atoms with Gasteiger partial charge < -0.3 is 25.0 Å². The summed E-state index contributed by atoms with van der Waals surface area (Å²) in [6.45, 7) is 3.83. The number of carbonyl (C=O) groups is 3.